The summed E-state index contributed by atoms with van der Waals surface area (Å²) in [6.07, 6.45) is 7.41. The van der Waals surface area contributed by atoms with Gasteiger partial charge in [-0.2, -0.15) is 0 Å². The monoisotopic (exact) mass is 154 g/mol. The van der Waals surface area contributed by atoms with E-state index in [2.05, 4.69) is 20.8 Å². The van der Waals surface area contributed by atoms with Crippen LogP contribution in [0, 0.1) is 17.8 Å². The Hall–Kier alpha value is 0. The first kappa shape index (κ1) is 9.09. The van der Waals surface area contributed by atoms with Crippen molar-refractivity contribution in [2.45, 2.75) is 52.9 Å². The van der Waals surface area contributed by atoms with Crippen LogP contribution in [0.1, 0.15) is 52.9 Å². The van der Waals surface area contributed by atoms with Gasteiger partial charge in [0, 0.05) is 0 Å². The minimum atomic E-state index is 0.900. The molecule has 0 N–H and O–H groups in total. The van der Waals surface area contributed by atoms with Gasteiger partial charge in [0.15, 0.2) is 0 Å². The summed E-state index contributed by atoms with van der Waals surface area (Å²) < 4.78 is 0. The van der Waals surface area contributed by atoms with Crippen LogP contribution < -0.4 is 0 Å². The molecule has 0 nitrogen and oxygen atoms in total. The van der Waals surface area contributed by atoms with E-state index in [0.717, 1.165) is 17.8 Å². The lowest BCUT2D eigenvalue weighted by molar-refractivity contribution is 0.203. The largest absolute Gasteiger partial charge is 0.0628 e. The van der Waals surface area contributed by atoms with E-state index in [1.165, 1.54) is 32.1 Å². The van der Waals surface area contributed by atoms with E-state index in [1.807, 2.05) is 0 Å². The Bertz CT molecular complexity index is 101. The van der Waals surface area contributed by atoms with Crippen LogP contribution in [0.2, 0.25) is 0 Å². The number of rotatable bonds is 4. The van der Waals surface area contributed by atoms with Crippen molar-refractivity contribution in [3.63, 3.8) is 0 Å². The van der Waals surface area contributed by atoms with E-state index in [9.17, 15) is 0 Å². The highest BCUT2D eigenvalue weighted by molar-refractivity contribution is 4.74. The average Bonchev–Trinajstić information content (AvgIpc) is 1.79. The summed E-state index contributed by atoms with van der Waals surface area (Å²) in [6.45, 7) is 7.09. The molecule has 0 aromatic heterocycles. The summed E-state index contributed by atoms with van der Waals surface area (Å²) in [6, 6.07) is 0. The van der Waals surface area contributed by atoms with Gasteiger partial charge < -0.3 is 0 Å². The van der Waals surface area contributed by atoms with E-state index in [4.69, 9.17) is 0 Å². The third-order valence-electron chi connectivity index (χ3n) is 3.15. The SMILES string of the molecule is CC(C)CCC(C)C1CCC1. The third kappa shape index (κ3) is 2.84. The molecule has 0 aromatic carbocycles. The molecule has 0 heterocycles. The maximum absolute atomic E-state index is 2.44. The molecule has 0 spiro atoms. The second kappa shape index (κ2) is 4.13. The molecule has 1 saturated carbocycles. The second-order valence-corrected chi connectivity index (χ2v) is 4.64. The van der Waals surface area contributed by atoms with Crippen molar-refractivity contribution in [1.82, 2.24) is 0 Å². The third-order valence-corrected chi connectivity index (χ3v) is 3.15. The van der Waals surface area contributed by atoms with Crippen molar-refractivity contribution in [3.8, 4) is 0 Å². The van der Waals surface area contributed by atoms with Gasteiger partial charge in [0.25, 0.3) is 0 Å². The molecule has 1 unspecified atom stereocenters. The van der Waals surface area contributed by atoms with Crippen LogP contribution in [-0.2, 0) is 0 Å². The van der Waals surface area contributed by atoms with E-state index in [-0.39, 0.29) is 0 Å². The lowest BCUT2D eigenvalue weighted by Crippen LogP contribution is -2.19. The molecule has 0 aliphatic heterocycles. The topological polar surface area (TPSA) is 0 Å². The molecule has 1 atom stereocenters. The quantitative estimate of drug-likeness (QED) is 0.577. The van der Waals surface area contributed by atoms with Crippen LogP contribution in [0.15, 0.2) is 0 Å². The molecular weight excluding hydrogens is 132 g/mol. The van der Waals surface area contributed by atoms with Crippen molar-refractivity contribution >= 4 is 0 Å². The normalized spacial score (nSPS) is 21.8. The molecular formula is C11H22. The zero-order valence-electron chi connectivity index (χ0n) is 8.27. The van der Waals surface area contributed by atoms with Gasteiger partial charge in [-0.25, -0.2) is 0 Å². The van der Waals surface area contributed by atoms with Gasteiger partial charge in [0.05, 0.1) is 0 Å². The smallest absolute Gasteiger partial charge is 0.0388 e. The molecule has 66 valence electrons. The maximum Gasteiger partial charge on any atom is -0.0388 e. The predicted molar refractivity (Wildman–Crippen MR) is 50.6 cm³/mol. The highest BCUT2D eigenvalue weighted by Crippen LogP contribution is 2.35. The highest BCUT2D eigenvalue weighted by atomic mass is 14.3. The minimum Gasteiger partial charge on any atom is -0.0628 e. The van der Waals surface area contributed by atoms with Crippen molar-refractivity contribution in [2.24, 2.45) is 17.8 Å². The summed E-state index contributed by atoms with van der Waals surface area (Å²) >= 11 is 0. The van der Waals surface area contributed by atoms with E-state index in [0.29, 0.717) is 0 Å². The zero-order valence-corrected chi connectivity index (χ0v) is 8.27. The fraction of sp³-hybridized carbons (Fsp3) is 1.00. The van der Waals surface area contributed by atoms with E-state index < -0.39 is 0 Å². The highest BCUT2D eigenvalue weighted by Gasteiger charge is 2.23. The minimum absolute atomic E-state index is 0.900. The van der Waals surface area contributed by atoms with Crippen molar-refractivity contribution in [3.05, 3.63) is 0 Å². The number of hydrogen-bond donors (Lipinski definition) is 0. The van der Waals surface area contributed by atoms with Gasteiger partial charge in [-0.3, -0.25) is 0 Å². The zero-order chi connectivity index (χ0) is 8.27. The van der Waals surface area contributed by atoms with Gasteiger partial charge in [-0.15, -0.1) is 0 Å². The lowest BCUT2D eigenvalue weighted by atomic mass is 9.74. The first-order chi connectivity index (χ1) is 5.20. The van der Waals surface area contributed by atoms with Gasteiger partial charge in [0.1, 0.15) is 0 Å². The lowest BCUT2D eigenvalue weighted by Gasteiger charge is -2.31. The first-order valence-corrected chi connectivity index (χ1v) is 5.20. The average molecular weight is 154 g/mol. The van der Waals surface area contributed by atoms with Crippen molar-refractivity contribution in [1.29, 1.82) is 0 Å². The predicted octanol–water partition coefficient (Wildman–Crippen LogP) is 3.86. The summed E-state index contributed by atoms with van der Waals surface area (Å²) in [7, 11) is 0. The molecule has 0 heteroatoms. The van der Waals surface area contributed by atoms with E-state index in [1.54, 1.807) is 0 Å². The fourth-order valence-corrected chi connectivity index (χ4v) is 1.84. The van der Waals surface area contributed by atoms with Crippen LogP contribution in [-0.4, -0.2) is 0 Å². The van der Waals surface area contributed by atoms with Crippen LogP contribution in [0.5, 0.6) is 0 Å². The van der Waals surface area contributed by atoms with E-state index >= 15 is 0 Å². The first-order valence-electron chi connectivity index (χ1n) is 5.20. The summed E-state index contributed by atoms with van der Waals surface area (Å²) in [4.78, 5) is 0. The van der Waals surface area contributed by atoms with Gasteiger partial charge >= 0.3 is 0 Å². The molecule has 0 bridgehead atoms. The number of hydrogen-bond acceptors (Lipinski definition) is 0. The molecule has 1 aliphatic carbocycles. The van der Waals surface area contributed by atoms with Crippen LogP contribution in [0.3, 0.4) is 0 Å². The summed E-state index contributed by atoms with van der Waals surface area (Å²) in [5, 5.41) is 0. The maximum atomic E-state index is 2.44. The van der Waals surface area contributed by atoms with Gasteiger partial charge in [-0.05, 0) is 17.8 Å². The Morgan fingerprint density at radius 2 is 1.73 bits per heavy atom. The Morgan fingerprint density at radius 3 is 2.09 bits per heavy atom. The fourth-order valence-electron chi connectivity index (χ4n) is 1.84. The molecule has 0 radical (unpaired) electrons. The molecule has 1 aliphatic rings. The Morgan fingerprint density at radius 1 is 1.09 bits per heavy atom. The van der Waals surface area contributed by atoms with Crippen LogP contribution >= 0.6 is 0 Å². The summed E-state index contributed by atoms with van der Waals surface area (Å²) in [5.41, 5.74) is 0. The van der Waals surface area contributed by atoms with Crippen molar-refractivity contribution < 1.29 is 0 Å². The Balaban J connectivity index is 2.05. The Kier molecular flexibility index (Phi) is 3.42. The molecule has 0 saturated heterocycles. The standard InChI is InChI=1S/C11H22/c1-9(2)7-8-10(3)11-5-4-6-11/h9-11H,4-8H2,1-3H3. The van der Waals surface area contributed by atoms with Crippen LogP contribution in [0.4, 0.5) is 0 Å². The molecule has 0 aromatic rings. The second-order valence-electron chi connectivity index (χ2n) is 4.64. The van der Waals surface area contributed by atoms with Crippen molar-refractivity contribution in [2.75, 3.05) is 0 Å². The van der Waals surface area contributed by atoms with Gasteiger partial charge in [-0.1, -0.05) is 52.9 Å². The molecule has 0 amide bonds. The van der Waals surface area contributed by atoms with Gasteiger partial charge in [0.2, 0.25) is 0 Å². The van der Waals surface area contributed by atoms with Crippen LogP contribution in [0.25, 0.3) is 0 Å². The molecule has 11 heavy (non-hydrogen) atoms. The Labute approximate surface area is 71.4 Å². The summed E-state index contributed by atoms with van der Waals surface area (Å²) in [5.74, 6) is 3.00. The molecule has 1 rings (SSSR count). The molecule has 1 fully saturated rings.